The number of terminal acetylenes is 1. The summed E-state index contributed by atoms with van der Waals surface area (Å²) < 4.78 is 1.15. The molecule has 1 nitrogen and oxygen atoms in total. The fraction of sp³-hybridized carbons (Fsp3) is 0.385. The summed E-state index contributed by atoms with van der Waals surface area (Å²) in [5.41, 5.74) is 2.52. The molecule has 0 aliphatic rings. The summed E-state index contributed by atoms with van der Waals surface area (Å²) >= 11 is 3.48. The quantitative estimate of drug-likeness (QED) is 0.825. The lowest BCUT2D eigenvalue weighted by molar-refractivity contribution is 0.592. The van der Waals surface area contributed by atoms with Crippen molar-refractivity contribution >= 4 is 15.9 Å². The van der Waals surface area contributed by atoms with Gasteiger partial charge in [0.15, 0.2) is 0 Å². The first kappa shape index (κ1) is 12.3. The van der Waals surface area contributed by atoms with E-state index in [1.165, 1.54) is 11.1 Å². The Morgan fingerprint density at radius 1 is 1.53 bits per heavy atom. The third kappa shape index (κ3) is 3.70. The maximum absolute atomic E-state index is 5.38. The Kier molecular flexibility index (Phi) is 4.87. The number of nitrogens with one attached hydrogen (secondary N) is 1. The minimum atomic E-state index is 0.175. The molecule has 1 N–H and O–H groups in total. The molecule has 0 spiro atoms. The summed E-state index contributed by atoms with van der Waals surface area (Å²) in [7, 11) is 0. The number of rotatable bonds is 4. The van der Waals surface area contributed by atoms with Crippen LogP contribution < -0.4 is 5.32 Å². The normalized spacial score (nSPS) is 12.1. The average molecular weight is 266 g/mol. The highest BCUT2D eigenvalue weighted by molar-refractivity contribution is 9.10. The molecule has 1 aromatic rings. The van der Waals surface area contributed by atoms with Gasteiger partial charge in [-0.1, -0.05) is 40.9 Å². The maximum atomic E-state index is 5.38. The van der Waals surface area contributed by atoms with E-state index < -0.39 is 0 Å². The molecule has 0 amide bonds. The van der Waals surface area contributed by atoms with E-state index in [0.29, 0.717) is 0 Å². The zero-order chi connectivity index (χ0) is 11.3. The van der Waals surface area contributed by atoms with Gasteiger partial charge in [-0.15, -0.1) is 6.42 Å². The van der Waals surface area contributed by atoms with Crippen LogP contribution in [0.1, 0.15) is 24.5 Å². The van der Waals surface area contributed by atoms with Crippen molar-refractivity contribution in [2.24, 2.45) is 0 Å². The smallest absolute Gasteiger partial charge is 0.0686 e. The molecule has 0 aliphatic heterocycles. The van der Waals surface area contributed by atoms with Gasteiger partial charge in [0.05, 0.1) is 6.04 Å². The fourth-order valence-electron chi connectivity index (χ4n) is 1.38. The molecule has 0 radical (unpaired) electrons. The van der Waals surface area contributed by atoms with Crippen LogP contribution in [0.2, 0.25) is 0 Å². The molecule has 0 bridgehead atoms. The van der Waals surface area contributed by atoms with Crippen LogP contribution in [0.3, 0.4) is 0 Å². The van der Waals surface area contributed by atoms with Gasteiger partial charge in [0.2, 0.25) is 0 Å². The zero-order valence-corrected chi connectivity index (χ0v) is 10.8. The number of halogens is 1. The van der Waals surface area contributed by atoms with Crippen LogP contribution in [0.4, 0.5) is 0 Å². The lowest BCUT2D eigenvalue weighted by Crippen LogP contribution is -2.26. The van der Waals surface area contributed by atoms with Crippen molar-refractivity contribution in [3.63, 3.8) is 0 Å². The molecule has 1 aromatic carbocycles. The van der Waals surface area contributed by atoms with Gasteiger partial charge in [-0.3, -0.25) is 5.32 Å². The Morgan fingerprint density at radius 2 is 2.27 bits per heavy atom. The fourth-order valence-corrected chi connectivity index (χ4v) is 1.63. The molecule has 0 fully saturated rings. The highest BCUT2D eigenvalue weighted by atomic mass is 79.9. The Hall–Kier alpha value is -0.780. The third-order valence-electron chi connectivity index (χ3n) is 2.38. The van der Waals surface area contributed by atoms with Crippen LogP contribution in [-0.4, -0.2) is 6.04 Å². The van der Waals surface area contributed by atoms with Crippen LogP contribution in [0.5, 0.6) is 0 Å². The molecule has 2 heteroatoms. The van der Waals surface area contributed by atoms with Gasteiger partial charge < -0.3 is 0 Å². The second-order valence-electron chi connectivity index (χ2n) is 3.59. The zero-order valence-electron chi connectivity index (χ0n) is 9.18. The molecule has 80 valence electrons. The van der Waals surface area contributed by atoms with E-state index in [1.54, 1.807) is 0 Å². The van der Waals surface area contributed by atoms with Crippen molar-refractivity contribution in [3.8, 4) is 12.3 Å². The van der Waals surface area contributed by atoms with Crippen molar-refractivity contribution in [3.05, 3.63) is 33.8 Å². The Bertz CT molecular complexity index is 365. The van der Waals surface area contributed by atoms with Crippen molar-refractivity contribution < 1.29 is 0 Å². The molecule has 0 aliphatic carbocycles. The second kappa shape index (κ2) is 5.95. The molecule has 0 aromatic heterocycles. The molecule has 1 atom stereocenters. The van der Waals surface area contributed by atoms with E-state index in [2.05, 4.69) is 59.2 Å². The van der Waals surface area contributed by atoms with Gasteiger partial charge in [-0.2, -0.15) is 0 Å². The van der Waals surface area contributed by atoms with Gasteiger partial charge >= 0.3 is 0 Å². The van der Waals surface area contributed by atoms with Crippen LogP contribution in [-0.2, 0) is 6.54 Å². The summed E-state index contributed by atoms with van der Waals surface area (Å²) in [6, 6.07) is 6.52. The highest BCUT2D eigenvalue weighted by Gasteiger charge is 2.01. The molecule has 0 heterocycles. The Balaban J connectivity index is 2.59. The van der Waals surface area contributed by atoms with E-state index >= 15 is 0 Å². The van der Waals surface area contributed by atoms with E-state index in [-0.39, 0.29) is 6.04 Å². The van der Waals surface area contributed by atoms with Crippen molar-refractivity contribution in [1.82, 2.24) is 5.32 Å². The molecular formula is C13H16BrN. The third-order valence-corrected chi connectivity index (χ3v) is 3.27. The predicted octanol–water partition coefficient (Wildman–Crippen LogP) is 3.26. The summed E-state index contributed by atoms with van der Waals surface area (Å²) in [6.45, 7) is 5.01. The highest BCUT2D eigenvalue weighted by Crippen LogP contribution is 2.16. The Labute approximate surface area is 100 Å². The van der Waals surface area contributed by atoms with Crippen molar-refractivity contribution in [2.45, 2.75) is 32.9 Å². The van der Waals surface area contributed by atoms with Gasteiger partial charge in [-0.05, 0) is 30.5 Å². The minimum Gasteiger partial charge on any atom is -0.300 e. The predicted molar refractivity (Wildman–Crippen MR) is 68.6 cm³/mol. The molecule has 15 heavy (non-hydrogen) atoms. The first-order valence-electron chi connectivity index (χ1n) is 5.12. The lowest BCUT2D eigenvalue weighted by atomic mass is 10.1. The summed E-state index contributed by atoms with van der Waals surface area (Å²) in [6.07, 6.45) is 6.35. The second-order valence-corrected chi connectivity index (χ2v) is 4.45. The molecular weight excluding hydrogens is 250 g/mol. The molecule has 1 rings (SSSR count). The largest absolute Gasteiger partial charge is 0.300 e. The van der Waals surface area contributed by atoms with Gasteiger partial charge in [-0.25, -0.2) is 0 Å². The number of aryl methyl sites for hydroxylation is 1. The topological polar surface area (TPSA) is 12.0 Å². The van der Waals surface area contributed by atoms with Gasteiger partial charge in [0.25, 0.3) is 0 Å². The SMILES string of the molecule is C#CC(CC)NCc1ccc(Br)c(C)c1. The first-order valence-corrected chi connectivity index (χ1v) is 5.91. The van der Waals surface area contributed by atoms with E-state index in [0.717, 1.165) is 17.4 Å². The van der Waals surface area contributed by atoms with E-state index in [9.17, 15) is 0 Å². The Morgan fingerprint density at radius 3 is 2.80 bits per heavy atom. The summed E-state index contributed by atoms with van der Waals surface area (Å²) in [5.74, 6) is 2.73. The molecule has 1 unspecified atom stereocenters. The minimum absolute atomic E-state index is 0.175. The van der Waals surface area contributed by atoms with Crippen LogP contribution in [0.15, 0.2) is 22.7 Å². The average Bonchev–Trinajstić information content (AvgIpc) is 2.24. The number of hydrogen-bond donors (Lipinski definition) is 1. The van der Waals surface area contributed by atoms with Crippen LogP contribution in [0.25, 0.3) is 0 Å². The van der Waals surface area contributed by atoms with Crippen LogP contribution >= 0.6 is 15.9 Å². The summed E-state index contributed by atoms with van der Waals surface area (Å²) in [4.78, 5) is 0. The van der Waals surface area contributed by atoms with Gasteiger partial charge in [0, 0.05) is 11.0 Å². The monoisotopic (exact) mass is 265 g/mol. The molecule has 0 saturated heterocycles. The lowest BCUT2D eigenvalue weighted by Gasteiger charge is -2.11. The number of benzene rings is 1. The standard InChI is InChI=1S/C13H16BrN/c1-4-12(5-2)15-9-11-6-7-13(14)10(3)8-11/h1,6-8,12,15H,5,9H2,2-3H3. The number of hydrogen-bond acceptors (Lipinski definition) is 1. The van der Waals surface area contributed by atoms with E-state index in [4.69, 9.17) is 6.42 Å². The van der Waals surface area contributed by atoms with Gasteiger partial charge in [0.1, 0.15) is 0 Å². The van der Waals surface area contributed by atoms with E-state index in [1.807, 2.05) is 0 Å². The first-order chi connectivity index (χ1) is 7.17. The van der Waals surface area contributed by atoms with Crippen molar-refractivity contribution in [2.75, 3.05) is 0 Å². The maximum Gasteiger partial charge on any atom is 0.0686 e. The van der Waals surface area contributed by atoms with Crippen LogP contribution in [0, 0.1) is 19.3 Å². The molecule has 0 saturated carbocycles. The van der Waals surface area contributed by atoms with Crippen molar-refractivity contribution in [1.29, 1.82) is 0 Å². The summed E-state index contributed by atoms with van der Waals surface area (Å²) in [5, 5.41) is 3.33.